The van der Waals surface area contributed by atoms with Crippen molar-refractivity contribution in [2.75, 3.05) is 39.0 Å². The number of nitrogens with zero attached hydrogens (tertiary/aromatic N) is 2. The number of nitrogens with one attached hydrogen (secondary N) is 1. The van der Waals surface area contributed by atoms with Crippen molar-refractivity contribution in [3.05, 3.63) is 36.2 Å². The van der Waals surface area contributed by atoms with Gasteiger partial charge in [0.15, 0.2) is 0 Å². The normalized spacial score (nSPS) is 17.9. The standard InChI is InChI=1S/C18H28N3O4P/c22-18(8-7-17-6-5-9-19-16-17)20-10-3-1-2-4-15-26(23,24)21-11-13-25-14-12-21/h5-9,16H,1-4,10-15H2,(H,20,22)(H,23,24). The monoisotopic (exact) mass is 381 g/mol. The van der Waals surface area contributed by atoms with E-state index in [0.29, 0.717) is 39.0 Å². The van der Waals surface area contributed by atoms with Gasteiger partial charge in [-0.15, -0.1) is 0 Å². The lowest BCUT2D eigenvalue weighted by atomic mass is 10.2. The second-order valence-corrected chi connectivity index (χ2v) is 8.62. The highest BCUT2D eigenvalue weighted by Gasteiger charge is 2.28. The van der Waals surface area contributed by atoms with Gasteiger partial charge in [-0.2, -0.15) is 0 Å². The summed E-state index contributed by atoms with van der Waals surface area (Å²) in [6.45, 7) is 2.73. The molecular weight excluding hydrogens is 353 g/mol. The van der Waals surface area contributed by atoms with Gasteiger partial charge in [0, 0.05) is 44.3 Å². The van der Waals surface area contributed by atoms with Crippen LogP contribution in [-0.2, 0) is 14.1 Å². The van der Waals surface area contributed by atoms with Gasteiger partial charge < -0.3 is 14.9 Å². The van der Waals surface area contributed by atoms with Crippen molar-refractivity contribution < 1.29 is 19.0 Å². The summed E-state index contributed by atoms with van der Waals surface area (Å²) in [5, 5.41) is 2.84. The summed E-state index contributed by atoms with van der Waals surface area (Å²) in [6.07, 6.45) is 10.3. The number of aromatic nitrogens is 1. The van der Waals surface area contributed by atoms with E-state index in [-0.39, 0.29) is 5.91 Å². The Labute approximate surface area is 155 Å². The van der Waals surface area contributed by atoms with Gasteiger partial charge in [0.2, 0.25) is 5.91 Å². The Morgan fingerprint density at radius 2 is 2.08 bits per heavy atom. The lowest BCUT2D eigenvalue weighted by Crippen LogP contribution is -2.34. The SMILES string of the molecule is O=C(C=Cc1cccnc1)NCCCCCCP(=O)(O)N1CCOCC1. The maximum atomic E-state index is 12.3. The Kier molecular flexibility index (Phi) is 8.98. The number of amides is 1. The van der Waals surface area contributed by atoms with Crippen LogP contribution in [0.3, 0.4) is 0 Å². The maximum Gasteiger partial charge on any atom is 0.270 e. The van der Waals surface area contributed by atoms with Crippen molar-refractivity contribution in [3.8, 4) is 0 Å². The lowest BCUT2D eigenvalue weighted by molar-refractivity contribution is -0.116. The number of ether oxygens (including phenoxy) is 1. The molecule has 2 rings (SSSR count). The molecule has 1 aromatic heterocycles. The maximum absolute atomic E-state index is 12.3. The zero-order valence-corrected chi connectivity index (χ0v) is 15.9. The number of carbonyl (C=O) groups excluding carboxylic acids is 1. The first-order chi connectivity index (χ1) is 12.6. The molecule has 1 fully saturated rings. The molecule has 7 nitrogen and oxygen atoms in total. The summed E-state index contributed by atoms with van der Waals surface area (Å²) in [7, 11) is -3.21. The molecule has 144 valence electrons. The minimum Gasteiger partial charge on any atom is -0.379 e. The van der Waals surface area contributed by atoms with E-state index in [1.54, 1.807) is 23.1 Å². The largest absolute Gasteiger partial charge is 0.379 e. The Hall–Kier alpha value is -1.53. The quantitative estimate of drug-likeness (QED) is 0.367. The predicted octanol–water partition coefficient (Wildman–Crippen LogP) is 2.29. The van der Waals surface area contributed by atoms with E-state index in [0.717, 1.165) is 31.2 Å². The van der Waals surface area contributed by atoms with E-state index in [2.05, 4.69) is 10.3 Å². The summed E-state index contributed by atoms with van der Waals surface area (Å²) >= 11 is 0. The van der Waals surface area contributed by atoms with E-state index in [4.69, 9.17) is 4.74 Å². The van der Waals surface area contributed by atoms with Crippen molar-refractivity contribution in [2.45, 2.75) is 25.7 Å². The molecule has 1 amide bonds. The van der Waals surface area contributed by atoms with Crippen LogP contribution < -0.4 is 5.32 Å². The van der Waals surface area contributed by atoms with Gasteiger partial charge in [0.1, 0.15) is 0 Å². The van der Waals surface area contributed by atoms with E-state index >= 15 is 0 Å². The van der Waals surface area contributed by atoms with Gasteiger partial charge >= 0.3 is 0 Å². The summed E-state index contributed by atoms with van der Waals surface area (Å²) in [6, 6.07) is 3.70. The Morgan fingerprint density at radius 1 is 1.31 bits per heavy atom. The highest BCUT2D eigenvalue weighted by atomic mass is 31.2. The predicted molar refractivity (Wildman–Crippen MR) is 102 cm³/mol. The van der Waals surface area contributed by atoms with Gasteiger partial charge in [-0.1, -0.05) is 18.9 Å². The molecule has 1 saturated heterocycles. The van der Waals surface area contributed by atoms with Crippen molar-refractivity contribution >= 4 is 19.5 Å². The molecule has 0 spiro atoms. The lowest BCUT2D eigenvalue weighted by Gasteiger charge is -2.30. The van der Waals surface area contributed by atoms with Crippen LogP contribution in [0.4, 0.5) is 0 Å². The third-order valence-electron chi connectivity index (χ3n) is 4.22. The van der Waals surface area contributed by atoms with Gasteiger partial charge in [0.25, 0.3) is 7.52 Å². The van der Waals surface area contributed by atoms with Crippen molar-refractivity contribution in [1.29, 1.82) is 0 Å². The van der Waals surface area contributed by atoms with Crippen molar-refractivity contribution in [1.82, 2.24) is 15.0 Å². The third kappa shape index (κ3) is 7.79. The average Bonchev–Trinajstić information content (AvgIpc) is 2.67. The zero-order valence-electron chi connectivity index (χ0n) is 15.0. The Bertz CT molecular complexity index is 618. The zero-order chi connectivity index (χ0) is 18.7. The van der Waals surface area contributed by atoms with Crippen LogP contribution in [0, 0.1) is 0 Å². The molecule has 26 heavy (non-hydrogen) atoms. The van der Waals surface area contributed by atoms with Crippen LogP contribution in [0.1, 0.15) is 31.2 Å². The van der Waals surface area contributed by atoms with Gasteiger partial charge in [-0.05, 0) is 30.5 Å². The molecule has 1 unspecified atom stereocenters. The number of hydrogen-bond acceptors (Lipinski definition) is 4. The number of pyridine rings is 1. The molecule has 0 saturated carbocycles. The van der Waals surface area contributed by atoms with Crippen molar-refractivity contribution in [2.24, 2.45) is 0 Å². The van der Waals surface area contributed by atoms with Crippen LogP contribution in [0.15, 0.2) is 30.6 Å². The van der Waals surface area contributed by atoms with Crippen LogP contribution in [0.25, 0.3) is 6.08 Å². The highest BCUT2D eigenvalue weighted by molar-refractivity contribution is 7.55. The number of rotatable bonds is 10. The van der Waals surface area contributed by atoms with Crippen LogP contribution >= 0.6 is 7.52 Å². The first kappa shape index (κ1) is 20.8. The van der Waals surface area contributed by atoms with Crippen molar-refractivity contribution in [3.63, 3.8) is 0 Å². The third-order valence-corrected chi connectivity index (χ3v) is 6.40. The van der Waals surface area contributed by atoms with Gasteiger partial charge in [-0.3, -0.25) is 14.3 Å². The number of hydrogen-bond donors (Lipinski definition) is 2. The fourth-order valence-corrected chi connectivity index (χ4v) is 4.43. The van der Waals surface area contributed by atoms with Gasteiger partial charge in [0.05, 0.1) is 13.2 Å². The van der Waals surface area contributed by atoms with E-state index < -0.39 is 7.52 Å². The molecule has 0 radical (unpaired) electrons. The molecule has 0 bridgehead atoms. The Balaban J connectivity index is 1.52. The molecule has 1 atom stereocenters. The fraction of sp³-hybridized carbons (Fsp3) is 0.556. The molecule has 1 aromatic rings. The van der Waals surface area contributed by atoms with Gasteiger partial charge in [-0.25, -0.2) is 4.67 Å². The van der Waals surface area contributed by atoms with Crippen LogP contribution in [0.5, 0.6) is 0 Å². The first-order valence-electron chi connectivity index (χ1n) is 9.09. The molecule has 0 aliphatic carbocycles. The molecule has 1 aliphatic rings. The molecule has 8 heteroatoms. The smallest absolute Gasteiger partial charge is 0.270 e. The van der Waals surface area contributed by atoms with E-state index in [9.17, 15) is 14.3 Å². The summed E-state index contributed by atoms with van der Waals surface area (Å²) in [5.74, 6) is -0.124. The summed E-state index contributed by atoms with van der Waals surface area (Å²) in [4.78, 5) is 25.8. The number of unbranched alkanes of at least 4 members (excludes halogenated alkanes) is 3. The second-order valence-electron chi connectivity index (χ2n) is 6.28. The minimum absolute atomic E-state index is 0.124. The topological polar surface area (TPSA) is 91.8 Å². The molecule has 2 N–H and O–H groups in total. The minimum atomic E-state index is -3.21. The molecular formula is C18H28N3O4P. The molecule has 0 aromatic carbocycles. The molecule has 2 heterocycles. The summed E-state index contributed by atoms with van der Waals surface area (Å²) in [5.41, 5.74) is 0.886. The van der Waals surface area contributed by atoms with Crippen LogP contribution in [-0.4, -0.2) is 59.5 Å². The second kappa shape index (κ2) is 11.2. The number of morpholine rings is 1. The van der Waals surface area contributed by atoms with E-state index in [1.165, 1.54) is 6.08 Å². The van der Waals surface area contributed by atoms with Crippen LogP contribution in [0.2, 0.25) is 0 Å². The molecule has 1 aliphatic heterocycles. The summed E-state index contributed by atoms with van der Waals surface area (Å²) < 4.78 is 19.2. The highest BCUT2D eigenvalue weighted by Crippen LogP contribution is 2.46. The fourth-order valence-electron chi connectivity index (χ4n) is 2.72. The number of carbonyl (C=O) groups is 1. The Morgan fingerprint density at radius 3 is 2.81 bits per heavy atom. The van der Waals surface area contributed by atoms with E-state index in [1.807, 2.05) is 12.1 Å². The average molecular weight is 381 g/mol. The first-order valence-corrected chi connectivity index (χ1v) is 10.9.